The van der Waals surface area contributed by atoms with Crippen molar-refractivity contribution in [1.82, 2.24) is 4.90 Å². The topological polar surface area (TPSA) is 79.9 Å². The van der Waals surface area contributed by atoms with E-state index in [1.807, 2.05) is 44.2 Å². The van der Waals surface area contributed by atoms with Gasteiger partial charge in [0, 0.05) is 18.8 Å². The molecular formula is C16H20N4O. The minimum atomic E-state index is -0.0959. The molecule has 0 fully saturated rings. The minimum absolute atomic E-state index is 0.0959. The van der Waals surface area contributed by atoms with Crippen molar-refractivity contribution in [2.45, 2.75) is 26.7 Å². The van der Waals surface area contributed by atoms with Crippen LogP contribution in [0.25, 0.3) is 0 Å². The van der Waals surface area contributed by atoms with E-state index in [1.54, 1.807) is 4.90 Å². The van der Waals surface area contributed by atoms with Gasteiger partial charge in [-0.2, -0.15) is 10.5 Å². The molecule has 21 heavy (non-hydrogen) atoms. The Morgan fingerprint density at radius 3 is 2.38 bits per heavy atom. The number of hydrogen-bond donors (Lipinski definition) is 1. The Labute approximate surface area is 125 Å². The number of rotatable bonds is 7. The fourth-order valence-corrected chi connectivity index (χ4v) is 1.96. The van der Waals surface area contributed by atoms with Crippen molar-refractivity contribution < 1.29 is 4.79 Å². The van der Waals surface area contributed by atoms with Gasteiger partial charge >= 0.3 is 0 Å². The van der Waals surface area contributed by atoms with Crippen LogP contribution in [0, 0.1) is 36.5 Å². The first-order valence-corrected chi connectivity index (χ1v) is 6.92. The highest BCUT2D eigenvalue weighted by Crippen LogP contribution is 2.17. The van der Waals surface area contributed by atoms with Gasteiger partial charge in [-0.25, -0.2) is 0 Å². The van der Waals surface area contributed by atoms with E-state index in [1.165, 1.54) is 5.56 Å². The summed E-state index contributed by atoms with van der Waals surface area (Å²) in [4.78, 5) is 13.7. The van der Waals surface area contributed by atoms with Gasteiger partial charge in [0.15, 0.2) is 0 Å². The van der Waals surface area contributed by atoms with Crippen LogP contribution < -0.4 is 5.32 Å². The number of carbonyl (C=O) groups is 1. The van der Waals surface area contributed by atoms with Gasteiger partial charge in [0.2, 0.25) is 5.91 Å². The molecule has 110 valence electrons. The number of hydrogen-bond acceptors (Lipinski definition) is 4. The van der Waals surface area contributed by atoms with E-state index in [0.29, 0.717) is 13.1 Å². The summed E-state index contributed by atoms with van der Waals surface area (Å²) in [6, 6.07) is 9.95. The maximum atomic E-state index is 12.2. The van der Waals surface area contributed by atoms with Crippen LogP contribution >= 0.6 is 0 Å². The van der Waals surface area contributed by atoms with E-state index in [4.69, 9.17) is 10.5 Å². The molecule has 5 nitrogen and oxygen atoms in total. The third kappa shape index (κ3) is 5.16. The summed E-state index contributed by atoms with van der Waals surface area (Å²) in [6.07, 6.45) is 0.557. The van der Waals surface area contributed by atoms with Crippen molar-refractivity contribution in [3.63, 3.8) is 0 Å². The number of amides is 1. The average Bonchev–Trinajstić information content (AvgIpc) is 2.48. The zero-order valence-corrected chi connectivity index (χ0v) is 12.5. The quantitative estimate of drug-likeness (QED) is 0.833. The molecule has 0 radical (unpaired) electrons. The van der Waals surface area contributed by atoms with Crippen molar-refractivity contribution in [2.24, 2.45) is 0 Å². The molecule has 0 aromatic heterocycles. The van der Waals surface area contributed by atoms with Gasteiger partial charge in [-0.15, -0.1) is 0 Å². The van der Waals surface area contributed by atoms with E-state index in [9.17, 15) is 4.79 Å². The number of nitrogens with zero attached hydrogens (tertiary/aromatic N) is 3. The fraction of sp³-hybridized carbons (Fsp3) is 0.438. The zero-order chi connectivity index (χ0) is 15.7. The second kappa shape index (κ2) is 8.60. The van der Waals surface area contributed by atoms with Gasteiger partial charge < -0.3 is 10.2 Å². The van der Waals surface area contributed by atoms with Crippen molar-refractivity contribution in [3.05, 3.63) is 29.3 Å². The van der Waals surface area contributed by atoms with Crippen LogP contribution in [0.1, 0.15) is 24.0 Å². The Hall–Kier alpha value is -2.53. The van der Waals surface area contributed by atoms with E-state index < -0.39 is 0 Å². The Kier molecular flexibility index (Phi) is 6.77. The molecule has 0 bridgehead atoms. The van der Waals surface area contributed by atoms with Crippen molar-refractivity contribution in [1.29, 1.82) is 10.5 Å². The van der Waals surface area contributed by atoms with Crippen LogP contribution in [0.2, 0.25) is 0 Å². The Balaban J connectivity index is 2.62. The standard InChI is InChI=1S/C16H20N4O/c1-13-6-3-7-15(14(13)2)19-12-16(21)20(10-4-8-17)11-5-9-18/h3,6-7,19H,4-5,10-12H2,1-2H3. The molecule has 0 atom stereocenters. The van der Waals surface area contributed by atoms with Crippen LogP contribution in [0.3, 0.4) is 0 Å². The maximum absolute atomic E-state index is 12.2. The summed E-state index contributed by atoms with van der Waals surface area (Å²) in [5, 5.41) is 20.4. The number of carbonyl (C=O) groups excluding carboxylic acids is 1. The molecular weight excluding hydrogens is 264 g/mol. The smallest absolute Gasteiger partial charge is 0.241 e. The molecule has 0 spiro atoms. The van der Waals surface area contributed by atoms with Crippen LogP contribution in [0.15, 0.2) is 18.2 Å². The average molecular weight is 284 g/mol. The SMILES string of the molecule is Cc1cccc(NCC(=O)N(CCC#N)CCC#N)c1C. The van der Waals surface area contributed by atoms with Crippen LogP contribution in [0.5, 0.6) is 0 Å². The molecule has 0 unspecified atom stereocenters. The number of benzene rings is 1. The van der Waals surface area contributed by atoms with Crippen molar-refractivity contribution in [3.8, 4) is 12.1 Å². The monoisotopic (exact) mass is 284 g/mol. The third-order valence-corrected chi connectivity index (χ3v) is 3.37. The van der Waals surface area contributed by atoms with Gasteiger partial charge in [0.05, 0.1) is 31.5 Å². The lowest BCUT2D eigenvalue weighted by Crippen LogP contribution is -2.37. The van der Waals surface area contributed by atoms with E-state index in [2.05, 4.69) is 5.32 Å². The summed E-state index contributed by atoms with van der Waals surface area (Å²) >= 11 is 0. The van der Waals surface area contributed by atoms with Gasteiger partial charge in [0.25, 0.3) is 0 Å². The van der Waals surface area contributed by atoms with E-state index in [0.717, 1.165) is 11.3 Å². The van der Waals surface area contributed by atoms with Crippen molar-refractivity contribution >= 4 is 11.6 Å². The minimum Gasteiger partial charge on any atom is -0.376 e. The zero-order valence-electron chi connectivity index (χ0n) is 12.5. The second-order valence-corrected chi connectivity index (χ2v) is 4.80. The Bertz CT molecular complexity index is 551. The molecule has 0 heterocycles. The predicted octanol–water partition coefficient (Wildman–Crippen LogP) is 2.37. The third-order valence-electron chi connectivity index (χ3n) is 3.37. The first kappa shape index (κ1) is 16.5. The Morgan fingerprint density at radius 1 is 1.19 bits per heavy atom. The summed E-state index contributed by atoms with van der Waals surface area (Å²) in [5.41, 5.74) is 3.22. The summed E-state index contributed by atoms with van der Waals surface area (Å²) in [7, 11) is 0. The molecule has 0 aliphatic carbocycles. The van der Waals surface area contributed by atoms with E-state index in [-0.39, 0.29) is 25.3 Å². The number of nitrogens with one attached hydrogen (secondary N) is 1. The molecule has 0 saturated heterocycles. The molecule has 1 aromatic rings. The molecule has 1 amide bonds. The first-order valence-electron chi connectivity index (χ1n) is 6.92. The summed E-state index contributed by atoms with van der Waals surface area (Å²) < 4.78 is 0. The van der Waals surface area contributed by atoms with Gasteiger partial charge in [-0.05, 0) is 31.0 Å². The molecule has 1 N–H and O–H groups in total. The molecule has 0 aliphatic heterocycles. The first-order chi connectivity index (χ1) is 10.1. The number of aryl methyl sites for hydroxylation is 1. The molecule has 5 heteroatoms. The fourth-order valence-electron chi connectivity index (χ4n) is 1.96. The number of anilines is 1. The highest BCUT2D eigenvalue weighted by Gasteiger charge is 2.13. The van der Waals surface area contributed by atoms with Gasteiger partial charge in [-0.3, -0.25) is 4.79 Å². The lowest BCUT2D eigenvalue weighted by Gasteiger charge is -2.21. The number of nitriles is 2. The molecule has 0 aliphatic rings. The van der Waals surface area contributed by atoms with Gasteiger partial charge in [0.1, 0.15) is 0 Å². The largest absolute Gasteiger partial charge is 0.376 e. The van der Waals surface area contributed by atoms with Crippen LogP contribution in [0.4, 0.5) is 5.69 Å². The van der Waals surface area contributed by atoms with Crippen LogP contribution in [-0.2, 0) is 4.79 Å². The predicted molar refractivity (Wildman–Crippen MR) is 81.4 cm³/mol. The molecule has 1 rings (SSSR count). The Morgan fingerprint density at radius 2 is 1.81 bits per heavy atom. The normalized spacial score (nSPS) is 9.52. The maximum Gasteiger partial charge on any atom is 0.241 e. The molecule has 1 aromatic carbocycles. The highest BCUT2D eigenvalue weighted by atomic mass is 16.2. The summed E-state index contributed by atoms with van der Waals surface area (Å²) in [6.45, 7) is 4.93. The van der Waals surface area contributed by atoms with Crippen molar-refractivity contribution in [2.75, 3.05) is 25.0 Å². The highest BCUT2D eigenvalue weighted by molar-refractivity contribution is 5.81. The lowest BCUT2D eigenvalue weighted by atomic mass is 10.1. The van der Waals surface area contributed by atoms with Crippen LogP contribution in [-0.4, -0.2) is 30.4 Å². The van der Waals surface area contributed by atoms with E-state index >= 15 is 0 Å². The second-order valence-electron chi connectivity index (χ2n) is 4.80. The molecule has 0 saturated carbocycles. The lowest BCUT2D eigenvalue weighted by molar-refractivity contribution is -0.129. The van der Waals surface area contributed by atoms with Gasteiger partial charge in [-0.1, -0.05) is 12.1 Å². The summed E-state index contributed by atoms with van der Waals surface area (Å²) in [5.74, 6) is -0.0959.